The van der Waals surface area contributed by atoms with Gasteiger partial charge in [-0.25, -0.2) is 4.98 Å². The molecule has 1 aliphatic heterocycles. The van der Waals surface area contributed by atoms with Crippen LogP contribution in [0.25, 0.3) is 0 Å². The zero-order chi connectivity index (χ0) is 13.8. The van der Waals surface area contributed by atoms with E-state index in [-0.39, 0.29) is 0 Å². The van der Waals surface area contributed by atoms with E-state index in [4.69, 9.17) is 5.73 Å². The summed E-state index contributed by atoms with van der Waals surface area (Å²) in [5.41, 5.74) is 7.97. The molecule has 2 N–H and O–H groups in total. The summed E-state index contributed by atoms with van der Waals surface area (Å²) in [6.45, 7) is 8.38. The molecule has 0 aromatic carbocycles. The Bertz CT molecular complexity index is 419. The van der Waals surface area contributed by atoms with Gasteiger partial charge in [-0.3, -0.25) is 4.90 Å². The van der Waals surface area contributed by atoms with Gasteiger partial charge >= 0.3 is 0 Å². The summed E-state index contributed by atoms with van der Waals surface area (Å²) in [6.07, 6.45) is 4.52. The third-order valence-electron chi connectivity index (χ3n) is 4.09. The number of hydrogen-bond donors (Lipinski definition) is 1. The van der Waals surface area contributed by atoms with Crippen molar-refractivity contribution in [2.24, 2.45) is 5.73 Å². The van der Waals surface area contributed by atoms with Crippen molar-refractivity contribution >= 4 is 5.82 Å². The highest BCUT2D eigenvalue weighted by Crippen LogP contribution is 2.21. The molecule has 1 atom stereocenters. The molecule has 0 spiro atoms. The zero-order valence-electron chi connectivity index (χ0n) is 12.4. The highest BCUT2D eigenvalue weighted by atomic mass is 15.2. The fraction of sp³-hybridized carbons (Fsp3) is 0.667. The molecule has 1 aromatic heterocycles. The van der Waals surface area contributed by atoms with Crippen molar-refractivity contribution in [2.75, 3.05) is 31.6 Å². The van der Waals surface area contributed by atoms with Gasteiger partial charge in [0.15, 0.2) is 0 Å². The summed E-state index contributed by atoms with van der Waals surface area (Å²) in [5.74, 6) is 1.08. The maximum atomic E-state index is 5.65. The van der Waals surface area contributed by atoms with E-state index in [0.29, 0.717) is 12.6 Å². The predicted octanol–water partition coefficient (Wildman–Crippen LogP) is 1.77. The average molecular weight is 262 g/mol. The number of aryl methyl sites for hydroxylation is 1. The monoisotopic (exact) mass is 262 g/mol. The minimum absolute atomic E-state index is 0.560. The van der Waals surface area contributed by atoms with Crippen molar-refractivity contribution in [1.29, 1.82) is 0 Å². The normalized spacial score (nSPS) is 19.9. The van der Waals surface area contributed by atoms with Gasteiger partial charge in [0.25, 0.3) is 0 Å². The highest BCUT2D eigenvalue weighted by Gasteiger charge is 2.24. The highest BCUT2D eigenvalue weighted by molar-refractivity contribution is 5.46. The van der Waals surface area contributed by atoms with E-state index in [1.807, 2.05) is 6.20 Å². The van der Waals surface area contributed by atoms with Gasteiger partial charge in [-0.1, -0.05) is 6.92 Å². The van der Waals surface area contributed by atoms with Gasteiger partial charge in [-0.05, 0) is 50.0 Å². The number of nitrogens with zero attached hydrogens (tertiary/aromatic N) is 3. The van der Waals surface area contributed by atoms with Gasteiger partial charge in [0.2, 0.25) is 0 Å². The summed E-state index contributed by atoms with van der Waals surface area (Å²) in [5, 5.41) is 0. The van der Waals surface area contributed by atoms with Gasteiger partial charge in [0.1, 0.15) is 5.82 Å². The second-order valence-electron chi connectivity index (χ2n) is 5.49. The van der Waals surface area contributed by atoms with Crippen molar-refractivity contribution < 1.29 is 0 Å². The lowest BCUT2D eigenvalue weighted by molar-refractivity contribution is 0.270. The second kappa shape index (κ2) is 6.35. The molecule has 1 saturated heterocycles. The molecule has 19 heavy (non-hydrogen) atoms. The number of anilines is 1. The van der Waals surface area contributed by atoms with Gasteiger partial charge in [0, 0.05) is 32.4 Å². The van der Waals surface area contributed by atoms with Crippen molar-refractivity contribution in [1.82, 2.24) is 9.88 Å². The molecule has 4 heteroatoms. The Balaban J connectivity index is 2.05. The summed E-state index contributed by atoms with van der Waals surface area (Å²) in [4.78, 5) is 9.42. The van der Waals surface area contributed by atoms with Gasteiger partial charge in [0.05, 0.1) is 0 Å². The lowest BCUT2D eigenvalue weighted by Crippen LogP contribution is -2.39. The molecule has 0 amide bonds. The van der Waals surface area contributed by atoms with Crippen molar-refractivity contribution in [3.63, 3.8) is 0 Å². The number of hydrogen-bond acceptors (Lipinski definition) is 4. The first-order valence-electron chi connectivity index (χ1n) is 7.26. The standard InChI is InChI=1S/C15H26N4/c1-4-19-7-5-6-14(19)11-18(3)15-12(2)8-13(9-16)10-17-15/h8,10,14H,4-7,9,11,16H2,1-3H3. The number of rotatable bonds is 5. The average Bonchev–Trinajstić information content (AvgIpc) is 2.85. The number of aromatic nitrogens is 1. The predicted molar refractivity (Wildman–Crippen MR) is 80.4 cm³/mol. The minimum Gasteiger partial charge on any atom is -0.358 e. The summed E-state index contributed by atoms with van der Waals surface area (Å²) in [6, 6.07) is 2.82. The first-order valence-corrected chi connectivity index (χ1v) is 7.26. The van der Waals surface area contributed by atoms with Gasteiger partial charge in [-0.15, -0.1) is 0 Å². The van der Waals surface area contributed by atoms with E-state index < -0.39 is 0 Å². The number of nitrogens with two attached hydrogens (primary N) is 1. The minimum atomic E-state index is 0.560. The van der Waals surface area contributed by atoms with E-state index in [1.54, 1.807) is 0 Å². The molecular formula is C15H26N4. The molecule has 1 aliphatic rings. The molecule has 0 saturated carbocycles. The number of pyridine rings is 1. The van der Waals surface area contributed by atoms with Crippen molar-refractivity contribution in [2.45, 2.75) is 39.3 Å². The van der Waals surface area contributed by atoms with Crippen LogP contribution in [0.15, 0.2) is 12.3 Å². The van der Waals surface area contributed by atoms with Crippen LogP contribution in [0.1, 0.15) is 30.9 Å². The van der Waals surface area contributed by atoms with Crippen LogP contribution in [-0.2, 0) is 6.54 Å². The van der Waals surface area contributed by atoms with Crippen LogP contribution in [-0.4, -0.2) is 42.6 Å². The van der Waals surface area contributed by atoms with Gasteiger partial charge < -0.3 is 10.6 Å². The van der Waals surface area contributed by atoms with E-state index in [1.165, 1.54) is 24.9 Å². The molecular weight excluding hydrogens is 236 g/mol. The third kappa shape index (κ3) is 3.25. The number of likely N-dealkylation sites (tertiary alicyclic amines) is 1. The van der Waals surface area contributed by atoms with Crippen LogP contribution in [0.3, 0.4) is 0 Å². The Hall–Kier alpha value is -1.13. The Labute approximate surface area is 116 Å². The zero-order valence-corrected chi connectivity index (χ0v) is 12.4. The van der Waals surface area contributed by atoms with E-state index in [2.05, 4.69) is 41.7 Å². The van der Waals surface area contributed by atoms with Crippen LogP contribution < -0.4 is 10.6 Å². The topological polar surface area (TPSA) is 45.4 Å². The molecule has 1 unspecified atom stereocenters. The summed E-state index contributed by atoms with van der Waals surface area (Å²) >= 11 is 0. The van der Waals surface area contributed by atoms with Crippen LogP contribution in [0.2, 0.25) is 0 Å². The van der Waals surface area contributed by atoms with Crippen molar-refractivity contribution in [3.8, 4) is 0 Å². The van der Waals surface area contributed by atoms with E-state index in [0.717, 1.165) is 24.5 Å². The van der Waals surface area contributed by atoms with Crippen LogP contribution in [0.4, 0.5) is 5.82 Å². The molecule has 0 bridgehead atoms. The fourth-order valence-electron chi connectivity index (χ4n) is 3.06. The Morgan fingerprint density at radius 3 is 2.95 bits per heavy atom. The lowest BCUT2D eigenvalue weighted by atomic mass is 10.1. The molecule has 106 valence electrons. The maximum absolute atomic E-state index is 5.65. The first kappa shape index (κ1) is 14.3. The molecule has 2 heterocycles. The van der Waals surface area contributed by atoms with E-state index >= 15 is 0 Å². The largest absolute Gasteiger partial charge is 0.358 e. The van der Waals surface area contributed by atoms with Crippen LogP contribution in [0, 0.1) is 6.92 Å². The molecule has 0 radical (unpaired) electrons. The van der Waals surface area contributed by atoms with Gasteiger partial charge in [-0.2, -0.15) is 0 Å². The summed E-state index contributed by atoms with van der Waals surface area (Å²) < 4.78 is 0. The Kier molecular flexibility index (Phi) is 4.77. The molecule has 0 aliphatic carbocycles. The second-order valence-corrected chi connectivity index (χ2v) is 5.49. The molecule has 1 aromatic rings. The van der Waals surface area contributed by atoms with Crippen molar-refractivity contribution in [3.05, 3.63) is 23.4 Å². The maximum Gasteiger partial charge on any atom is 0.131 e. The molecule has 4 nitrogen and oxygen atoms in total. The Morgan fingerprint density at radius 2 is 2.32 bits per heavy atom. The first-order chi connectivity index (χ1) is 9.15. The molecule has 2 rings (SSSR count). The quantitative estimate of drug-likeness (QED) is 0.878. The molecule has 1 fully saturated rings. The van der Waals surface area contributed by atoms with E-state index in [9.17, 15) is 0 Å². The SMILES string of the molecule is CCN1CCCC1CN(C)c1ncc(CN)cc1C. The van der Waals surface area contributed by atoms with Crippen LogP contribution >= 0.6 is 0 Å². The van der Waals surface area contributed by atoms with Crippen LogP contribution in [0.5, 0.6) is 0 Å². The number of likely N-dealkylation sites (N-methyl/N-ethyl adjacent to an activating group) is 2. The Morgan fingerprint density at radius 1 is 1.53 bits per heavy atom. The fourth-order valence-corrected chi connectivity index (χ4v) is 3.06. The smallest absolute Gasteiger partial charge is 0.131 e. The lowest BCUT2D eigenvalue weighted by Gasteiger charge is -2.29. The summed E-state index contributed by atoms with van der Waals surface area (Å²) in [7, 11) is 2.14. The third-order valence-corrected chi connectivity index (χ3v) is 4.09.